The van der Waals surface area contributed by atoms with Crippen LogP contribution in [-0.2, 0) is 21.5 Å². The standard InChI is InChI=1S/C12H14N6O3S/c1-17(2)22(20,21)16-11(19)9-18-7-4-10(8-15-18)12-13-5-3-6-14-12/h3-8H,9H2,1-2H3/p+1. The van der Waals surface area contributed by atoms with Crippen LogP contribution in [0.4, 0.5) is 0 Å². The zero-order valence-corrected chi connectivity index (χ0v) is 12.9. The summed E-state index contributed by atoms with van der Waals surface area (Å²) in [6.45, 7) is -0.219. The van der Waals surface area contributed by atoms with Crippen molar-refractivity contribution in [3.8, 4) is 11.4 Å². The van der Waals surface area contributed by atoms with E-state index < -0.39 is 16.1 Å². The molecule has 0 saturated carbocycles. The van der Waals surface area contributed by atoms with E-state index in [-0.39, 0.29) is 6.54 Å². The van der Waals surface area contributed by atoms with Gasteiger partial charge in [0.25, 0.3) is 6.54 Å². The first-order valence-electron chi connectivity index (χ1n) is 6.25. The molecule has 0 bridgehead atoms. The Labute approximate surface area is 127 Å². The van der Waals surface area contributed by atoms with Crippen molar-refractivity contribution in [2.45, 2.75) is 6.54 Å². The first-order valence-corrected chi connectivity index (χ1v) is 7.69. The van der Waals surface area contributed by atoms with Gasteiger partial charge in [-0.25, -0.2) is 14.7 Å². The van der Waals surface area contributed by atoms with Crippen LogP contribution in [0, 0.1) is 0 Å². The average Bonchev–Trinajstić information content (AvgIpc) is 2.48. The van der Waals surface area contributed by atoms with Crippen LogP contribution in [0.1, 0.15) is 0 Å². The monoisotopic (exact) mass is 323 g/mol. The number of hydrogen-bond donors (Lipinski definition) is 1. The van der Waals surface area contributed by atoms with Crippen LogP contribution in [0.3, 0.4) is 0 Å². The molecule has 0 spiro atoms. The predicted octanol–water partition coefficient (Wildman–Crippen LogP) is -1.25. The van der Waals surface area contributed by atoms with Crippen molar-refractivity contribution in [2.75, 3.05) is 14.1 Å². The van der Waals surface area contributed by atoms with E-state index in [9.17, 15) is 13.2 Å². The Morgan fingerprint density at radius 1 is 1.32 bits per heavy atom. The Kier molecular flexibility index (Phi) is 4.73. The number of hydrogen-bond acceptors (Lipinski definition) is 6. The van der Waals surface area contributed by atoms with Crippen molar-refractivity contribution in [3.05, 3.63) is 36.9 Å². The van der Waals surface area contributed by atoms with Gasteiger partial charge < -0.3 is 0 Å². The molecule has 0 saturated heterocycles. The molecule has 2 heterocycles. The third kappa shape index (κ3) is 4.02. The molecular weight excluding hydrogens is 308 g/mol. The molecular formula is C12H15N6O3S+. The Bertz CT molecular complexity index is 746. The van der Waals surface area contributed by atoms with Gasteiger partial charge in [-0.3, -0.25) is 4.79 Å². The maximum atomic E-state index is 11.7. The second kappa shape index (κ2) is 6.54. The summed E-state index contributed by atoms with van der Waals surface area (Å²) in [7, 11) is -1.14. The Balaban J connectivity index is 2.04. The van der Waals surface area contributed by atoms with Crippen molar-refractivity contribution in [1.29, 1.82) is 0 Å². The number of rotatable bonds is 5. The van der Waals surface area contributed by atoms with Crippen LogP contribution in [0.15, 0.2) is 36.9 Å². The first-order chi connectivity index (χ1) is 10.4. The predicted molar refractivity (Wildman–Crippen MR) is 76.2 cm³/mol. The molecule has 10 heteroatoms. The molecule has 2 aromatic rings. The zero-order valence-electron chi connectivity index (χ0n) is 12.0. The first kappa shape index (κ1) is 15.9. The third-order valence-electron chi connectivity index (χ3n) is 2.62. The summed E-state index contributed by atoms with van der Waals surface area (Å²) in [6.07, 6.45) is 6.28. The molecule has 0 atom stereocenters. The van der Waals surface area contributed by atoms with Crippen LogP contribution in [0.25, 0.3) is 11.4 Å². The van der Waals surface area contributed by atoms with E-state index in [2.05, 4.69) is 15.1 Å². The number of carbonyl (C=O) groups is 1. The highest BCUT2D eigenvalue weighted by molar-refractivity contribution is 7.87. The lowest BCUT2D eigenvalue weighted by atomic mass is 10.3. The minimum Gasteiger partial charge on any atom is -0.266 e. The van der Waals surface area contributed by atoms with E-state index in [4.69, 9.17) is 0 Å². The molecule has 2 rings (SSSR count). The quantitative estimate of drug-likeness (QED) is 0.689. The molecule has 9 nitrogen and oxygen atoms in total. The smallest absolute Gasteiger partial charge is 0.266 e. The fourth-order valence-corrected chi connectivity index (χ4v) is 2.01. The SMILES string of the molecule is CN(C)S(=O)(=O)NC(=O)C[n+]1ccc(-c2ncccn2)cn1. The number of amides is 1. The third-order valence-corrected chi connectivity index (χ3v) is 4.07. The van der Waals surface area contributed by atoms with Crippen molar-refractivity contribution < 1.29 is 17.9 Å². The largest absolute Gasteiger partial charge is 0.303 e. The highest BCUT2D eigenvalue weighted by Gasteiger charge is 2.20. The lowest BCUT2D eigenvalue weighted by Crippen LogP contribution is -2.48. The number of carbonyl (C=O) groups excluding carboxylic acids is 1. The van der Waals surface area contributed by atoms with Gasteiger partial charge in [-0.15, -0.1) is 0 Å². The molecule has 0 aromatic carbocycles. The van der Waals surface area contributed by atoms with E-state index in [0.717, 1.165) is 4.31 Å². The van der Waals surface area contributed by atoms with Gasteiger partial charge >= 0.3 is 16.1 Å². The topological polar surface area (TPSA) is 109 Å². The van der Waals surface area contributed by atoms with Gasteiger partial charge in [-0.2, -0.15) is 12.7 Å². The van der Waals surface area contributed by atoms with Crippen LogP contribution in [-0.4, -0.2) is 47.8 Å². The van der Waals surface area contributed by atoms with Gasteiger partial charge in [0.15, 0.2) is 12.0 Å². The highest BCUT2D eigenvalue weighted by Crippen LogP contribution is 2.08. The van der Waals surface area contributed by atoms with E-state index in [1.165, 1.54) is 25.0 Å². The normalized spacial score (nSPS) is 11.4. The molecule has 0 unspecified atom stereocenters. The summed E-state index contributed by atoms with van der Waals surface area (Å²) in [5, 5.41) is 4.04. The van der Waals surface area contributed by atoms with Crippen LogP contribution in [0.5, 0.6) is 0 Å². The summed E-state index contributed by atoms with van der Waals surface area (Å²) in [5.74, 6) is -0.170. The van der Waals surface area contributed by atoms with E-state index in [1.807, 2.05) is 4.72 Å². The Morgan fingerprint density at radius 3 is 2.55 bits per heavy atom. The lowest BCUT2D eigenvalue weighted by Gasteiger charge is -2.10. The second-order valence-corrected chi connectivity index (χ2v) is 6.38. The molecule has 0 aliphatic rings. The number of aromatic nitrogens is 4. The molecule has 22 heavy (non-hydrogen) atoms. The maximum Gasteiger partial charge on any atom is 0.303 e. The molecule has 2 aromatic heterocycles. The van der Waals surface area contributed by atoms with E-state index in [0.29, 0.717) is 11.4 Å². The van der Waals surface area contributed by atoms with Gasteiger partial charge in [-0.05, 0) is 11.2 Å². The fraction of sp³-hybridized carbons (Fsp3) is 0.250. The fourth-order valence-electron chi connectivity index (χ4n) is 1.47. The van der Waals surface area contributed by atoms with Crippen molar-refractivity contribution >= 4 is 16.1 Å². The van der Waals surface area contributed by atoms with Crippen LogP contribution < -0.4 is 9.40 Å². The molecule has 1 amide bonds. The molecule has 0 radical (unpaired) electrons. The average molecular weight is 323 g/mol. The second-order valence-electron chi connectivity index (χ2n) is 4.50. The highest BCUT2D eigenvalue weighted by atomic mass is 32.2. The number of nitrogens with zero attached hydrogens (tertiary/aromatic N) is 5. The van der Waals surface area contributed by atoms with Crippen LogP contribution in [0.2, 0.25) is 0 Å². The zero-order chi connectivity index (χ0) is 16.2. The Morgan fingerprint density at radius 2 is 2.00 bits per heavy atom. The van der Waals surface area contributed by atoms with Gasteiger partial charge in [0.2, 0.25) is 0 Å². The van der Waals surface area contributed by atoms with Gasteiger partial charge in [0.1, 0.15) is 6.20 Å². The van der Waals surface area contributed by atoms with Crippen LogP contribution >= 0.6 is 0 Å². The van der Waals surface area contributed by atoms with E-state index in [1.54, 1.807) is 30.7 Å². The minimum atomic E-state index is -3.80. The molecule has 0 aliphatic carbocycles. The molecule has 0 fully saturated rings. The van der Waals surface area contributed by atoms with Gasteiger partial charge in [0.05, 0.1) is 0 Å². The van der Waals surface area contributed by atoms with Crippen molar-refractivity contribution in [3.63, 3.8) is 0 Å². The summed E-state index contributed by atoms with van der Waals surface area (Å²) in [5.41, 5.74) is 0.693. The van der Waals surface area contributed by atoms with Gasteiger partial charge in [-0.1, -0.05) is 4.68 Å². The summed E-state index contributed by atoms with van der Waals surface area (Å²) >= 11 is 0. The summed E-state index contributed by atoms with van der Waals surface area (Å²) in [6, 6.07) is 3.39. The Hall–Kier alpha value is -2.46. The molecule has 116 valence electrons. The van der Waals surface area contributed by atoms with Crippen molar-refractivity contribution in [1.82, 2.24) is 24.1 Å². The van der Waals surface area contributed by atoms with Crippen molar-refractivity contribution in [2.24, 2.45) is 0 Å². The van der Waals surface area contributed by atoms with Gasteiger partial charge in [0, 0.05) is 38.1 Å². The molecule has 1 N–H and O–H groups in total. The maximum absolute atomic E-state index is 11.7. The summed E-state index contributed by atoms with van der Waals surface area (Å²) < 4.78 is 27.2. The number of nitrogens with one attached hydrogen (secondary N) is 1. The molecule has 0 aliphatic heterocycles. The lowest BCUT2D eigenvalue weighted by molar-refractivity contribution is -0.742. The summed E-state index contributed by atoms with van der Waals surface area (Å²) in [4.78, 5) is 19.9. The minimum absolute atomic E-state index is 0.219. The van der Waals surface area contributed by atoms with E-state index >= 15 is 0 Å².